The number of carbonyl (C=O) groups is 2. The molecule has 0 aliphatic carbocycles. The van der Waals surface area contributed by atoms with Crippen LogP contribution in [0.2, 0.25) is 0 Å². The molecule has 324 valence electrons. The molecule has 1 saturated heterocycles. The van der Waals surface area contributed by atoms with Crippen molar-refractivity contribution < 1.29 is 56.8 Å². The number of ether oxygens (including phenoxy) is 4. The molecule has 0 radical (unpaired) electrons. The Morgan fingerprint density at radius 3 is 1.51 bits per heavy atom. The van der Waals surface area contributed by atoms with Crippen LogP contribution < -0.4 is 0 Å². The molecule has 0 saturated carbocycles. The van der Waals surface area contributed by atoms with Crippen LogP contribution in [0.5, 0.6) is 0 Å². The van der Waals surface area contributed by atoms with Crippen LogP contribution in [0.4, 0.5) is 0 Å². The van der Waals surface area contributed by atoms with Crippen molar-refractivity contribution in [1.29, 1.82) is 0 Å². The highest BCUT2D eigenvalue weighted by Crippen LogP contribution is 2.24. The van der Waals surface area contributed by atoms with Crippen LogP contribution in [0.1, 0.15) is 187 Å². The molecule has 0 aromatic rings. The van der Waals surface area contributed by atoms with E-state index < -0.39 is 71.2 Å². The van der Waals surface area contributed by atoms with E-state index >= 15 is 0 Å². The molecule has 1 rings (SSSR count). The Hall–Kier alpha value is -1.61. The topological polar surface area (TPSA) is 186 Å². The van der Waals surface area contributed by atoms with Crippen molar-refractivity contribution in [3.63, 3.8) is 0 Å². The number of allylic oxidation sites excluding steroid dienone is 2. The molecule has 1 fully saturated rings. The van der Waals surface area contributed by atoms with Gasteiger partial charge in [-0.3, -0.25) is 14.1 Å². The molecule has 55 heavy (non-hydrogen) atoms. The fourth-order valence-corrected chi connectivity index (χ4v) is 7.36. The Kier molecular flexibility index (Phi) is 31.2. The fraction of sp³-hybridized carbons (Fsp3) is 0.905. The minimum atomic E-state index is -4.60. The first-order chi connectivity index (χ1) is 26.5. The number of rotatable bonds is 36. The van der Waals surface area contributed by atoms with Gasteiger partial charge in [0.25, 0.3) is 10.1 Å². The summed E-state index contributed by atoms with van der Waals surface area (Å²) in [4.78, 5) is 25.3. The predicted octanol–water partition coefficient (Wildman–Crippen LogP) is 8.28. The number of aliphatic hydroxyl groups is 3. The molecular formula is C42H78O12S. The number of esters is 2. The van der Waals surface area contributed by atoms with Crippen molar-refractivity contribution in [3.8, 4) is 0 Å². The molecule has 13 heteroatoms. The largest absolute Gasteiger partial charge is 0.462 e. The zero-order valence-electron chi connectivity index (χ0n) is 34.3. The highest BCUT2D eigenvalue weighted by Gasteiger charge is 2.46. The van der Waals surface area contributed by atoms with E-state index in [4.69, 9.17) is 18.9 Å². The molecule has 2 unspecified atom stereocenters. The normalized spacial score (nSPS) is 20.9. The van der Waals surface area contributed by atoms with E-state index in [9.17, 15) is 37.9 Å². The van der Waals surface area contributed by atoms with Gasteiger partial charge in [-0.05, 0) is 38.5 Å². The highest BCUT2D eigenvalue weighted by atomic mass is 32.2. The molecule has 6 atom stereocenters. The van der Waals surface area contributed by atoms with E-state index in [1.807, 2.05) is 0 Å². The van der Waals surface area contributed by atoms with Crippen molar-refractivity contribution in [1.82, 2.24) is 0 Å². The average Bonchev–Trinajstić information content (AvgIpc) is 3.14. The third kappa shape index (κ3) is 28.4. The van der Waals surface area contributed by atoms with Gasteiger partial charge in [0.05, 0.1) is 6.61 Å². The summed E-state index contributed by atoms with van der Waals surface area (Å²) in [5, 5.41) is 30.8. The van der Waals surface area contributed by atoms with Crippen molar-refractivity contribution in [2.24, 2.45) is 0 Å². The maximum atomic E-state index is 12.8. The lowest BCUT2D eigenvalue weighted by Gasteiger charge is -2.40. The third-order valence-electron chi connectivity index (χ3n) is 10.1. The Morgan fingerprint density at radius 1 is 0.600 bits per heavy atom. The molecule has 1 aliphatic heterocycles. The summed E-state index contributed by atoms with van der Waals surface area (Å²) < 4.78 is 53.9. The van der Waals surface area contributed by atoms with Crippen LogP contribution in [-0.4, -0.2) is 96.0 Å². The molecule has 0 bridgehead atoms. The second-order valence-corrected chi connectivity index (χ2v) is 16.9. The second kappa shape index (κ2) is 33.4. The van der Waals surface area contributed by atoms with Crippen molar-refractivity contribution >= 4 is 22.1 Å². The predicted molar refractivity (Wildman–Crippen MR) is 215 cm³/mol. The van der Waals surface area contributed by atoms with E-state index in [2.05, 4.69) is 26.0 Å². The van der Waals surface area contributed by atoms with E-state index in [1.54, 1.807) is 0 Å². The zero-order chi connectivity index (χ0) is 40.6. The second-order valence-electron chi connectivity index (χ2n) is 15.4. The molecular weight excluding hydrogens is 729 g/mol. The Labute approximate surface area is 333 Å². The van der Waals surface area contributed by atoms with Crippen LogP contribution in [0.25, 0.3) is 0 Å². The van der Waals surface area contributed by atoms with Gasteiger partial charge in [-0.1, -0.05) is 148 Å². The number of carbonyl (C=O) groups excluding carboxylic acids is 2. The zero-order valence-corrected chi connectivity index (χ0v) is 35.1. The van der Waals surface area contributed by atoms with Crippen molar-refractivity contribution in [2.45, 2.75) is 224 Å². The standard InChI is InChI=1S/C42H78O12S/c1-3-5-7-9-11-13-15-16-17-18-19-20-21-23-25-27-29-31-38(44)53-35(32-51-37(43)30-28-26-24-22-14-12-10-8-6-4-2)33-52-42-41(47)40(46)39(45)36(54-42)34-55(48,49)50/h16-17,35-36,39-42,45-47H,3-15,18-34H2,1-2H3,(H,48,49,50)/b17-16+/t35-,36-,39-,40?,41?,42+/m1/s1. The molecule has 0 spiro atoms. The minimum Gasteiger partial charge on any atom is -0.462 e. The van der Waals surface area contributed by atoms with Gasteiger partial charge < -0.3 is 34.3 Å². The Bertz CT molecular complexity index is 1080. The van der Waals surface area contributed by atoms with Gasteiger partial charge in [0.1, 0.15) is 36.8 Å². The summed E-state index contributed by atoms with van der Waals surface area (Å²) >= 11 is 0. The van der Waals surface area contributed by atoms with Crippen molar-refractivity contribution in [3.05, 3.63) is 12.2 Å². The van der Waals surface area contributed by atoms with Crippen LogP contribution >= 0.6 is 0 Å². The van der Waals surface area contributed by atoms with Gasteiger partial charge in [0, 0.05) is 12.8 Å². The number of hydrogen-bond acceptors (Lipinski definition) is 11. The summed E-state index contributed by atoms with van der Waals surface area (Å²) in [5.41, 5.74) is 0. The lowest BCUT2D eigenvalue weighted by molar-refractivity contribution is -0.297. The summed E-state index contributed by atoms with van der Waals surface area (Å²) in [5.74, 6) is -1.98. The molecule has 0 amide bonds. The average molecular weight is 807 g/mol. The molecule has 4 N–H and O–H groups in total. The molecule has 0 aromatic carbocycles. The SMILES string of the molecule is CCCCCCCC/C=C/CCCCCCCCCC(=O)O[C@H](COC(=O)CCCCCCCCCCCC)CO[C@H]1O[C@H](CS(=O)(=O)O)[C@@H](O)C(O)C1O. The van der Waals surface area contributed by atoms with Gasteiger partial charge in [-0.2, -0.15) is 8.42 Å². The molecule has 0 aromatic heterocycles. The summed E-state index contributed by atoms with van der Waals surface area (Å²) in [6.45, 7) is 3.73. The van der Waals surface area contributed by atoms with E-state index in [0.29, 0.717) is 12.8 Å². The van der Waals surface area contributed by atoms with Crippen LogP contribution in [-0.2, 0) is 38.7 Å². The summed E-state index contributed by atoms with van der Waals surface area (Å²) in [7, 11) is -4.60. The van der Waals surface area contributed by atoms with Crippen LogP contribution in [0.3, 0.4) is 0 Å². The van der Waals surface area contributed by atoms with Gasteiger partial charge >= 0.3 is 11.9 Å². The first-order valence-corrected chi connectivity index (χ1v) is 23.4. The third-order valence-corrected chi connectivity index (χ3v) is 10.8. The Balaban J connectivity index is 2.45. The number of aliphatic hydroxyl groups excluding tert-OH is 3. The van der Waals surface area contributed by atoms with Crippen molar-refractivity contribution in [2.75, 3.05) is 19.0 Å². The van der Waals surface area contributed by atoms with Gasteiger partial charge in [0.15, 0.2) is 12.4 Å². The maximum absolute atomic E-state index is 12.8. The Morgan fingerprint density at radius 2 is 1.04 bits per heavy atom. The summed E-state index contributed by atoms with van der Waals surface area (Å²) in [6.07, 6.45) is 24.1. The first kappa shape index (κ1) is 51.4. The lowest BCUT2D eigenvalue weighted by Crippen LogP contribution is -2.60. The number of hydrogen-bond donors (Lipinski definition) is 4. The van der Waals surface area contributed by atoms with E-state index in [-0.39, 0.29) is 19.4 Å². The van der Waals surface area contributed by atoms with Crippen LogP contribution in [0.15, 0.2) is 12.2 Å². The summed E-state index contributed by atoms with van der Waals surface area (Å²) in [6, 6.07) is 0. The molecule has 12 nitrogen and oxygen atoms in total. The quantitative estimate of drug-likeness (QED) is 0.0206. The molecule has 1 aliphatic rings. The van der Waals surface area contributed by atoms with Gasteiger partial charge in [-0.25, -0.2) is 0 Å². The lowest BCUT2D eigenvalue weighted by atomic mass is 10.00. The highest BCUT2D eigenvalue weighted by molar-refractivity contribution is 7.85. The van der Waals surface area contributed by atoms with E-state index in [0.717, 1.165) is 51.4 Å². The fourth-order valence-electron chi connectivity index (χ4n) is 6.67. The number of unbranched alkanes of at least 4 members (excludes halogenated alkanes) is 22. The minimum absolute atomic E-state index is 0.163. The van der Waals surface area contributed by atoms with Gasteiger partial charge in [-0.15, -0.1) is 0 Å². The first-order valence-electron chi connectivity index (χ1n) is 21.7. The van der Waals surface area contributed by atoms with E-state index in [1.165, 1.54) is 96.3 Å². The van der Waals surface area contributed by atoms with Gasteiger partial charge in [0.2, 0.25) is 0 Å². The van der Waals surface area contributed by atoms with Crippen LogP contribution in [0, 0.1) is 0 Å². The monoisotopic (exact) mass is 807 g/mol. The maximum Gasteiger partial charge on any atom is 0.306 e. The smallest absolute Gasteiger partial charge is 0.306 e. The molecule has 1 heterocycles.